The van der Waals surface area contributed by atoms with Crippen molar-refractivity contribution in [1.82, 2.24) is 4.31 Å². The smallest absolute Gasteiger partial charge is 0.0138 e. The third kappa shape index (κ3) is 4.16. The molecule has 0 saturated carbocycles. The molecule has 0 unspecified atom stereocenters. The molecule has 0 bridgehead atoms. The van der Waals surface area contributed by atoms with Crippen molar-refractivity contribution in [3.8, 4) is 0 Å². The molecule has 0 radical (unpaired) electrons. The normalized spacial score (nSPS) is 21.5. The van der Waals surface area contributed by atoms with Crippen LogP contribution in [0.3, 0.4) is 0 Å². The molecule has 0 aromatic rings. The molecule has 1 rings (SSSR count). The minimum absolute atomic E-state index is 0.777. The molecule has 0 aromatic carbocycles. The van der Waals surface area contributed by atoms with E-state index in [-0.39, 0.29) is 0 Å². The fourth-order valence-electron chi connectivity index (χ4n) is 1.37. The summed E-state index contributed by atoms with van der Waals surface area (Å²) in [7, 11) is 0. The van der Waals surface area contributed by atoms with E-state index in [0.717, 1.165) is 13.0 Å². The van der Waals surface area contributed by atoms with Crippen molar-refractivity contribution >= 4 is 11.9 Å². The lowest BCUT2D eigenvalue weighted by atomic mass is 10.3. The Morgan fingerprint density at radius 3 is 3.15 bits per heavy atom. The molecule has 3 heteroatoms. The molecule has 1 aliphatic rings. The van der Waals surface area contributed by atoms with Crippen LogP contribution in [0, 0.1) is 0 Å². The van der Waals surface area contributed by atoms with Gasteiger partial charge in [0.25, 0.3) is 0 Å². The number of hydrogen-bond donors (Lipinski definition) is 1. The Hall–Kier alpha value is 0.01000. The van der Waals surface area contributed by atoms with Gasteiger partial charge >= 0.3 is 0 Å². The molecule has 0 aliphatic carbocycles. The van der Waals surface area contributed by atoms with Gasteiger partial charge in [0.1, 0.15) is 0 Å². The predicted molar refractivity (Wildman–Crippen MR) is 60.4 cm³/mol. The summed E-state index contributed by atoms with van der Waals surface area (Å²) in [5.74, 6) is 0. The molecule has 0 spiro atoms. The standard InChI is InChI=1S/C10H20N2S/c1-2-3-8-12-9-6-10(13-12)5-4-7-11/h5H,2-4,6-9,11H2,1H3/b10-5-. The van der Waals surface area contributed by atoms with Crippen LogP contribution < -0.4 is 5.73 Å². The third-order valence-corrected chi connectivity index (χ3v) is 3.38. The maximum Gasteiger partial charge on any atom is 0.0138 e. The van der Waals surface area contributed by atoms with Crippen molar-refractivity contribution in [3.05, 3.63) is 11.0 Å². The Morgan fingerprint density at radius 1 is 1.62 bits per heavy atom. The lowest BCUT2D eigenvalue weighted by Crippen LogP contribution is -2.12. The summed E-state index contributed by atoms with van der Waals surface area (Å²) in [5.41, 5.74) is 5.45. The van der Waals surface area contributed by atoms with E-state index < -0.39 is 0 Å². The Bertz CT molecular complexity index is 168. The number of unbranched alkanes of at least 4 members (excludes halogenated alkanes) is 1. The largest absolute Gasteiger partial charge is 0.330 e. The molecule has 1 aliphatic heterocycles. The zero-order chi connectivity index (χ0) is 9.52. The van der Waals surface area contributed by atoms with Gasteiger partial charge < -0.3 is 5.73 Å². The van der Waals surface area contributed by atoms with Crippen LogP contribution in [-0.4, -0.2) is 23.9 Å². The monoisotopic (exact) mass is 200 g/mol. The second kappa shape index (κ2) is 6.46. The molecule has 0 aromatic heterocycles. The lowest BCUT2D eigenvalue weighted by Gasteiger charge is -2.11. The van der Waals surface area contributed by atoms with E-state index >= 15 is 0 Å². The first-order valence-corrected chi connectivity index (χ1v) is 5.96. The minimum atomic E-state index is 0.777. The van der Waals surface area contributed by atoms with Crippen molar-refractivity contribution in [3.63, 3.8) is 0 Å². The zero-order valence-corrected chi connectivity index (χ0v) is 9.28. The summed E-state index contributed by atoms with van der Waals surface area (Å²) in [4.78, 5) is 1.52. The molecule has 0 atom stereocenters. The van der Waals surface area contributed by atoms with Crippen molar-refractivity contribution in [2.24, 2.45) is 5.73 Å². The number of rotatable bonds is 5. The zero-order valence-electron chi connectivity index (χ0n) is 8.46. The lowest BCUT2D eigenvalue weighted by molar-refractivity contribution is 0.480. The van der Waals surface area contributed by atoms with E-state index in [4.69, 9.17) is 5.73 Å². The van der Waals surface area contributed by atoms with Gasteiger partial charge in [-0.15, -0.1) is 0 Å². The Morgan fingerprint density at radius 2 is 2.46 bits per heavy atom. The van der Waals surface area contributed by atoms with Gasteiger partial charge in [0.05, 0.1) is 0 Å². The quantitative estimate of drug-likeness (QED) is 0.691. The molecule has 1 heterocycles. The highest BCUT2D eigenvalue weighted by Gasteiger charge is 2.15. The first-order chi connectivity index (χ1) is 6.36. The van der Waals surface area contributed by atoms with Gasteiger partial charge in [0, 0.05) is 13.1 Å². The Labute approximate surface area is 85.7 Å². The van der Waals surface area contributed by atoms with E-state index in [1.54, 1.807) is 0 Å². The van der Waals surface area contributed by atoms with Crippen LogP contribution in [0.5, 0.6) is 0 Å². The van der Waals surface area contributed by atoms with Crippen molar-refractivity contribution in [1.29, 1.82) is 0 Å². The fraction of sp³-hybridized carbons (Fsp3) is 0.800. The molecule has 2 nitrogen and oxygen atoms in total. The first kappa shape index (κ1) is 11.1. The topological polar surface area (TPSA) is 29.3 Å². The number of hydrogen-bond acceptors (Lipinski definition) is 3. The van der Waals surface area contributed by atoms with Crippen molar-refractivity contribution in [2.75, 3.05) is 19.6 Å². The van der Waals surface area contributed by atoms with Crippen LogP contribution in [-0.2, 0) is 0 Å². The Balaban J connectivity index is 2.19. The fourth-order valence-corrected chi connectivity index (χ4v) is 2.48. The molecule has 0 amide bonds. The van der Waals surface area contributed by atoms with Gasteiger partial charge in [-0.25, -0.2) is 4.31 Å². The molecule has 2 N–H and O–H groups in total. The van der Waals surface area contributed by atoms with E-state index in [9.17, 15) is 0 Å². The van der Waals surface area contributed by atoms with Crippen LogP contribution >= 0.6 is 11.9 Å². The summed E-state index contributed by atoms with van der Waals surface area (Å²) < 4.78 is 2.46. The highest BCUT2D eigenvalue weighted by atomic mass is 32.2. The number of nitrogens with two attached hydrogens (primary N) is 1. The average Bonchev–Trinajstić information content (AvgIpc) is 2.59. The van der Waals surface area contributed by atoms with Crippen LogP contribution in [0.25, 0.3) is 0 Å². The minimum Gasteiger partial charge on any atom is -0.330 e. The summed E-state index contributed by atoms with van der Waals surface area (Å²) in [5, 5.41) is 0. The predicted octanol–water partition coefficient (Wildman–Crippen LogP) is 2.37. The molecular weight excluding hydrogens is 180 g/mol. The van der Waals surface area contributed by atoms with Gasteiger partial charge in [-0.2, -0.15) is 0 Å². The second-order valence-electron chi connectivity index (χ2n) is 3.37. The van der Waals surface area contributed by atoms with Crippen molar-refractivity contribution < 1.29 is 0 Å². The number of nitrogens with zero attached hydrogens (tertiary/aromatic N) is 1. The van der Waals surface area contributed by atoms with E-state index in [1.165, 1.54) is 37.3 Å². The van der Waals surface area contributed by atoms with Crippen molar-refractivity contribution in [2.45, 2.75) is 32.6 Å². The SMILES string of the molecule is CCCCN1CC/C(=C/CCN)S1. The molecule has 76 valence electrons. The van der Waals surface area contributed by atoms with Crippen LogP contribution in [0.2, 0.25) is 0 Å². The first-order valence-electron chi connectivity index (χ1n) is 5.18. The molecule has 1 saturated heterocycles. The summed E-state index contributed by atoms with van der Waals surface area (Å²) in [6.45, 7) is 5.48. The summed E-state index contributed by atoms with van der Waals surface area (Å²) in [6.07, 6.45) is 7.16. The van der Waals surface area contributed by atoms with Crippen LogP contribution in [0.15, 0.2) is 11.0 Å². The summed E-state index contributed by atoms with van der Waals surface area (Å²) in [6, 6.07) is 0. The second-order valence-corrected chi connectivity index (χ2v) is 4.59. The maximum absolute atomic E-state index is 5.45. The average molecular weight is 200 g/mol. The van der Waals surface area contributed by atoms with Gasteiger partial charge in [-0.05, 0) is 42.7 Å². The van der Waals surface area contributed by atoms with E-state index in [2.05, 4.69) is 17.3 Å². The Kier molecular flexibility index (Phi) is 5.51. The van der Waals surface area contributed by atoms with Crippen LogP contribution in [0.4, 0.5) is 0 Å². The van der Waals surface area contributed by atoms with Gasteiger partial charge in [-0.3, -0.25) is 0 Å². The summed E-state index contributed by atoms with van der Waals surface area (Å²) >= 11 is 1.93. The highest BCUT2D eigenvalue weighted by Crippen LogP contribution is 2.32. The van der Waals surface area contributed by atoms with E-state index in [0.29, 0.717) is 0 Å². The van der Waals surface area contributed by atoms with E-state index in [1.807, 2.05) is 11.9 Å². The van der Waals surface area contributed by atoms with Gasteiger partial charge in [-0.1, -0.05) is 19.4 Å². The van der Waals surface area contributed by atoms with Gasteiger partial charge in [0.15, 0.2) is 0 Å². The molecule has 13 heavy (non-hydrogen) atoms. The van der Waals surface area contributed by atoms with Gasteiger partial charge in [0.2, 0.25) is 0 Å². The van der Waals surface area contributed by atoms with Crippen LogP contribution in [0.1, 0.15) is 32.6 Å². The molecular formula is C10H20N2S. The molecule has 1 fully saturated rings. The highest BCUT2D eigenvalue weighted by molar-refractivity contribution is 8.01. The third-order valence-electron chi connectivity index (χ3n) is 2.15. The maximum atomic E-state index is 5.45.